The molecule has 0 aromatic heterocycles. The van der Waals surface area contributed by atoms with Crippen LogP contribution < -0.4 is 0 Å². The molecule has 2 fully saturated rings. The van der Waals surface area contributed by atoms with Crippen LogP contribution in [0.5, 0.6) is 0 Å². The van der Waals surface area contributed by atoms with E-state index in [1.54, 1.807) is 13.2 Å². The van der Waals surface area contributed by atoms with Crippen LogP contribution in [0.1, 0.15) is 25.7 Å². The molecule has 1 amide bonds. The Morgan fingerprint density at radius 1 is 1.56 bits per heavy atom. The van der Waals surface area contributed by atoms with Gasteiger partial charge in [0.25, 0.3) is 0 Å². The standard InChI is InChI=1S/C12H19NO3/c1-3-9-6-12(7-10(8-12)16-2)4-5-13(9)11(14)15/h3,9-10H,1,4-8H2,2H3,(H,14,15). The number of rotatable bonds is 2. The number of methoxy groups -OCH3 is 1. The van der Waals surface area contributed by atoms with E-state index >= 15 is 0 Å². The van der Waals surface area contributed by atoms with E-state index in [-0.39, 0.29) is 6.04 Å². The number of carboxylic acid groups (broad SMARTS) is 1. The number of nitrogens with zero attached hydrogens (tertiary/aromatic N) is 1. The van der Waals surface area contributed by atoms with Gasteiger partial charge < -0.3 is 14.7 Å². The highest BCUT2D eigenvalue weighted by Gasteiger charge is 2.49. The van der Waals surface area contributed by atoms with Gasteiger partial charge in [0.05, 0.1) is 12.1 Å². The van der Waals surface area contributed by atoms with E-state index in [9.17, 15) is 4.79 Å². The first-order chi connectivity index (χ1) is 7.60. The van der Waals surface area contributed by atoms with Crippen molar-refractivity contribution < 1.29 is 14.6 Å². The Labute approximate surface area is 95.9 Å². The Bertz CT molecular complexity index is 297. The molecule has 0 aromatic rings. The highest BCUT2D eigenvalue weighted by molar-refractivity contribution is 5.66. The molecule has 1 heterocycles. The van der Waals surface area contributed by atoms with Crippen LogP contribution in [0.25, 0.3) is 0 Å². The molecule has 0 radical (unpaired) electrons. The van der Waals surface area contributed by atoms with E-state index in [0.29, 0.717) is 18.1 Å². The quantitative estimate of drug-likeness (QED) is 0.732. The van der Waals surface area contributed by atoms with E-state index in [1.165, 1.54) is 4.90 Å². The maximum atomic E-state index is 11.0. The molecule has 2 aliphatic rings. The van der Waals surface area contributed by atoms with Gasteiger partial charge in [-0.15, -0.1) is 6.58 Å². The number of carbonyl (C=O) groups is 1. The lowest BCUT2D eigenvalue weighted by Crippen LogP contribution is -2.54. The maximum Gasteiger partial charge on any atom is 0.407 e. The summed E-state index contributed by atoms with van der Waals surface area (Å²) in [5.41, 5.74) is 0.311. The van der Waals surface area contributed by atoms with Crippen LogP contribution in [0, 0.1) is 5.41 Å². The second-order valence-corrected chi connectivity index (χ2v) is 5.00. The summed E-state index contributed by atoms with van der Waals surface area (Å²) >= 11 is 0. The monoisotopic (exact) mass is 225 g/mol. The minimum absolute atomic E-state index is 0.0240. The van der Waals surface area contributed by atoms with Gasteiger partial charge in [0.1, 0.15) is 0 Å². The van der Waals surface area contributed by atoms with Crippen LogP contribution >= 0.6 is 0 Å². The van der Waals surface area contributed by atoms with Crippen LogP contribution in [0.2, 0.25) is 0 Å². The minimum Gasteiger partial charge on any atom is -0.465 e. The van der Waals surface area contributed by atoms with E-state index < -0.39 is 6.09 Å². The van der Waals surface area contributed by atoms with Crippen molar-refractivity contribution in [3.8, 4) is 0 Å². The summed E-state index contributed by atoms with van der Waals surface area (Å²) < 4.78 is 5.30. The smallest absolute Gasteiger partial charge is 0.407 e. The van der Waals surface area contributed by atoms with Crippen molar-refractivity contribution in [1.29, 1.82) is 0 Å². The first-order valence-electron chi connectivity index (χ1n) is 5.75. The molecule has 1 unspecified atom stereocenters. The molecule has 1 aliphatic carbocycles. The average molecular weight is 225 g/mol. The van der Waals surface area contributed by atoms with Crippen molar-refractivity contribution in [2.24, 2.45) is 5.41 Å². The molecule has 16 heavy (non-hydrogen) atoms. The van der Waals surface area contributed by atoms with Crippen molar-refractivity contribution in [3.63, 3.8) is 0 Å². The third-order valence-corrected chi connectivity index (χ3v) is 4.10. The number of amides is 1. The Balaban J connectivity index is 1.99. The number of ether oxygens (including phenoxy) is 1. The first kappa shape index (κ1) is 11.5. The van der Waals surface area contributed by atoms with Gasteiger partial charge in [-0.05, 0) is 31.1 Å². The van der Waals surface area contributed by atoms with Gasteiger partial charge in [0, 0.05) is 13.7 Å². The van der Waals surface area contributed by atoms with E-state index in [4.69, 9.17) is 9.84 Å². The van der Waals surface area contributed by atoms with Crippen molar-refractivity contribution in [2.45, 2.75) is 37.8 Å². The maximum absolute atomic E-state index is 11.0. The predicted molar refractivity (Wildman–Crippen MR) is 60.4 cm³/mol. The van der Waals surface area contributed by atoms with Crippen LogP contribution in [-0.2, 0) is 4.74 Å². The molecule has 1 N–H and O–H groups in total. The highest BCUT2D eigenvalue weighted by atomic mass is 16.5. The molecule has 4 heteroatoms. The molecular weight excluding hydrogens is 206 g/mol. The zero-order chi connectivity index (χ0) is 11.8. The first-order valence-corrected chi connectivity index (χ1v) is 5.75. The predicted octanol–water partition coefficient (Wildman–Crippen LogP) is 2.11. The van der Waals surface area contributed by atoms with Gasteiger partial charge in [-0.1, -0.05) is 6.08 Å². The molecule has 1 atom stereocenters. The third kappa shape index (κ3) is 1.82. The van der Waals surface area contributed by atoms with Gasteiger partial charge in [-0.3, -0.25) is 0 Å². The summed E-state index contributed by atoms with van der Waals surface area (Å²) in [4.78, 5) is 12.5. The number of hydrogen-bond acceptors (Lipinski definition) is 2. The Morgan fingerprint density at radius 2 is 2.25 bits per heavy atom. The van der Waals surface area contributed by atoms with Crippen LogP contribution in [0.4, 0.5) is 4.79 Å². The van der Waals surface area contributed by atoms with Crippen LogP contribution in [0.15, 0.2) is 12.7 Å². The second-order valence-electron chi connectivity index (χ2n) is 5.00. The molecule has 90 valence electrons. The molecule has 1 saturated heterocycles. The van der Waals surface area contributed by atoms with E-state index in [0.717, 1.165) is 25.7 Å². The molecule has 1 saturated carbocycles. The minimum atomic E-state index is -0.831. The van der Waals surface area contributed by atoms with Gasteiger partial charge >= 0.3 is 6.09 Å². The van der Waals surface area contributed by atoms with Crippen molar-refractivity contribution in [2.75, 3.05) is 13.7 Å². The topological polar surface area (TPSA) is 49.8 Å². The Kier molecular flexibility index (Phi) is 2.93. The van der Waals surface area contributed by atoms with Crippen molar-refractivity contribution in [1.82, 2.24) is 4.90 Å². The number of piperidine rings is 1. The largest absolute Gasteiger partial charge is 0.465 e. The Hall–Kier alpha value is -1.03. The van der Waals surface area contributed by atoms with Crippen molar-refractivity contribution in [3.05, 3.63) is 12.7 Å². The third-order valence-electron chi connectivity index (χ3n) is 4.10. The van der Waals surface area contributed by atoms with E-state index in [2.05, 4.69) is 6.58 Å². The zero-order valence-electron chi connectivity index (χ0n) is 9.69. The number of hydrogen-bond donors (Lipinski definition) is 1. The van der Waals surface area contributed by atoms with Gasteiger partial charge in [-0.25, -0.2) is 4.79 Å². The summed E-state index contributed by atoms with van der Waals surface area (Å²) in [5, 5.41) is 9.05. The second kappa shape index (κ2) is 4.09. The average Bonchev–Trinajstić information content (AvgIpc) is 2.24. The summed E-state index contributed by atoms with van der Waals surface area (Å²) in [5.74, 6) is 0. The lowest BCUT2D eigenvalue weighted by Gasteiger charge is -2.53. The lowest BCUT2D eigenvalue weighted by atomic mass is 9.60. The van der Waals surface area contributed by atoms with Crippen molar-refractivity contribution >= 4 is 6.09 Å². The van der Waals surface area contributed by atoms with Crippen LogP contribution in [-0.4, -0.2) is 41.9 Å². The molecule has 1 spiro atoms. The summed E-state index contributed by atoms with van der Waals surface area (Å²) in [7, 11) is 1.74. The lowest BCUT2D eigenvalue weighted by molar-refractivity contribution is -0.0919. The molecular formula is C12H19NO3. The van der Waals surface area contributed by atoms with Gasteiger partial charge in [0.2, 0.25) is 0 Å². The molecule has 4 nitrogen and oxygen atoms in total. The van der Waals surface area contributed by atoms with Gasteiger partial charge in [-0.2, -0.15) is 0 Å². The molecule has 0 bridgehead atoms. The fourth-order valence-corrected chi connectivity index (χ4v) is 3.07. The molecule has 2 rings (SSSR count). The van der Waals surface area contributed by atoms with E-state index in [1.807, 2.05) is 0 Å². The fraction of sp³-hybridized carbons (Fsp3) is 0.750. The summed E-state index contributed by atoms with van der Waals surface area (Å²) in [6.45, 7) is 4.37. The normalized spacial score (nSPS) is 38.2. The highest BCUT2D eigenvalue weighted by Crippen LogP contribution is 2.51. The summed E-state index contributed by atoms with van der Waals surface area (Å²) in [6, 6.07) is -0.0240. The molecule has 1 aliphatic heterocycles. The Morgan fingerprint density at radius 3 is 2.75 bits per heavy atom. The summed E-state index contributed by atoms with van der Waals surface area (Å²) in [6.07, 6.45) is 5.31. The SMILES string of the molecule is C=CC1CC2(CCN1C(=O)O)CC(OC)C2. The van der Waals surface area contributed by atoms with Crippen LogP contribution in [0.3, 0.4) is 0 Å². The fourth-order valence-electron chi connectivity index (χ4n) is 3.07. The number of likely N-dealkylation sites (tertiary alicyclic amines) is 1. The van der Waals surface area contributed by atoms with Gasteiger partial charge in [0.15, 0.2) is 0 Å². The molecule has 0 aromatic carbocycles. The zero-order valence-corrected chi connectivity index (χ0v) is 9.69.